The standard InChI is InChI=1S/C11H18N2O/c1-4-9(3)13-10(14)11(7-12)5-8(2)6-11/h8-9H,4-6H2,1-3H3,(H,13,14). The van der Waals surface area contributed by atoms with Crippen LogP contribution in [0.15, 0.2) is 0 Å². The molecule has 0 aromatic carbocycles. The monoisotopic (exact) mass is 194 g/mol. The highest BCUT2D eigenvalue weighted by atomic mass is 16.2. The Morgan fingerprint density at radius 2 is 2.29 bits per heavy atom. The van der Waals surface area contributed by atoms with Crippen molar-refractivity contribution in [3.8, 4) is 6.07 Å². The molecular weight excluding hydrogens is 176 g/mol. The second kappa shape index (κ2) is 4.00. The Labute approximate surface area is 85.5 Å². The van der Waals surface area contributed by atoms with Gasteiger partial charge in [0, 0.05) is 6.04 Å². The molecule has 3 heteroatoms. The van der Waals surface area contributed by atoms with E-state index >= 15 is 0 Å². The van der Waals surface area contributed by atoms with Crippen molar-refractivity contribution >= 4 is 5.91 Å². The van der Waals surface area contributed by atoms with Crippen LogP contribution in [0.2, 0.25) is 0 Å². The van der Waals surface area contributed by atoms with Crippen molar-refractivity contribution < 1.29 is 4.79 Å². The van der Waals surface area contributed by atoms with Gasteiger partial charge in [-0.3, -0.25) is 4.79 Å². The summed E-state index contributed by atoms with van der Waals surface area (Å²) in [6.07, 6.45) is 2.33. The van der Waals surface area contributed by atoms with Gasteiger partial charge in [-0.15, -0.1) is 0 Å². The van der Waals surface area contributed by atoms with Crippen LogP contribution in [0.1, 0.15) is 40.0 Å². The van der Waals surface area contributed by atoms with E-state index in [4.69, 9.17) is 5.26 Å². The molecule has 0 aromatic rings. The van der Waals surface area contributed by atoms with Crippen LogP contribution < -0.4 is 5.32 Å². The second-order valence-electron chi connectivity index (χ2n) is 4.49. The summed E-state index contributed by atoms with van der Waals surface area (Å²) in [5.74, 6) is 0.435. The molecule has 78 valence electrons. The van der Waals surface area contributed by atoms with Crippen LogP contribution in [0, 0.1) is 22.7 Å². The Kier molecular flexibility index (Phi) is 3.15. The molecule has 0 spiro atoms. The first kappa shape index (κ1) is 11.0. The van der Waals surface area contributed by atoms with E-state index in [0.717, 1.165) is 6.42 Å². The fourth-order valence-electron chi connectivity index (χ4n) is 1.92. The van der Waals surface area contributed by atoms with Crippen molar-refractivity contribution in [3.63, 3.8) is 0 Å². The molecule has 0 radical (unpaired) electrons. The van der Waals surface area contributed by atoms with Gasteiger partial charge in [0.15, 0.2) is 0 Å². The minimum atomic E-state index is -0.719. The molecule has 0 aromatic heterocycles. The molecule has 0 saturated heterocycles. The summed E-state index contributed by atoms with van der Waals surface area (Å²) >= 11 is 0. The smallest absolute Gasteiger partial charge is 0.240 e. The number of hydrogen-bond acceptors (Lipinski definition) is 2. The molecule has 0 bridgehead atoms. The summed E-state index contributed by atoms with van der Waals surface area (Å²) in [5, 5.41) is 11.9. The third-order valence-corrected chi connectivity index (χ3v) is 3.03. The maximum absolute atomic E-state index is 11.8. The quantitative estimate of drug-likeness (QED) is 0.745. The van der Waals surface area contributed by atoms with Crippen LogP contribution in [0.25, 0.3) is 0 Å². The molecule has 1 fully saturated rings. The van der Waals surface area contributed by atoms with Crippen molar-refractivity contribution in [2.24, 2.45) is 11.3 Å². The molecular formula is C11H18N2O. The largest absolute Gasteiger partial charge is 0.352 e. The average Bonchev–Trinajstić information content (AvgIpc) is 2.12. The molecule has 14 heavy (non-hydrogen) atoms. The summed E-state index contributed by atoms with van der Waals surface area (Å²) in [5.41, 5.74) is -0.719. The Morgan fingerprint density at radius 1 is 1.71 bits per heavy atom. The van der Waals surface area contributed by atoms with Crippen LogP contribution >= 0.6 is 0 Å². The number of carbonyl (C=O) groups is 1. The summed E-state index contributed by atoms with van der Waals surface area (Å²) in [6.45, 7) is 6.06. The molecule has 1 atom stereocenters. The van der Waals surface area contributed by atoms with E-state index < -0.39 is 5.41 Å². The van der Waals surface area contributed by atoms with Crippen LogP contribution in [0.3, 0.4) is 0 Å². The van der Waals surface area contributed by atoms with Crippen molar-refractivity contribution in [1.29, 1.82) is 5.26 Å². The maximum atomic E-state index is 11.8. The highest BCUT2D eigenvalue weighted by Gasteiger charge is 2.48. The molecule has 3 nitrogen and oxygen atoms in total. The number of nitriles is 1. The van der Waals surface area contributed by atoms with Gasteiger partial charge in [0.1, 0.15) is 5.41 Å². The summed E-state index contributed by atoms with van der Waals surface area (Å²) in [4.78, 5) is 11.8. The van der Waals surface area contributed by atoms with Crippen molar-refractivity contribution in [3.05, 3.63) is 0 Å². The van der Waals surface area contributed by atoms with E-state index in [-0.39, 0.29) is 11.9 Å². The van der Waals surface area contributed by atoms with E-state index in [2.05, 4.69) is 18.3 Å². The zero-order chi connectivity index (χ0) is 10.8. The van der Waals surface area contributed by atoms with E-state index in [0.29, 0.717) is 18.8 Å². The number of carbonyl (C=O) groups excluding carboxylic acids is 1. The summed E-state index contributed by atoms with van der Waals surface area (Å²) < 4.78 is 0. The number of nitrogens with zero attached hydrogens (tertiary/aromatic N) is 1. The molecule has 1 N–H and O–H groups in total. The third kappa shape index (κ3) is 1.89. The van der Waals surface area contributed by atoms with Crippen molar-refractivity contribution in [2.75, 3.05) is 0 Å². The van der Waals surface area contributed by atoms with Crippen LogP contribution in [0.5, 0.6) is 0 Å². The Balaban J connectivity index is 2.56. The lowest BCUT2D eigenvalue weighted by molar-refractivity contribution is -0.134. The predicted molar refractivity (Wildman–Crippen MR) is 54.3 cm³/mol. The van der Waals surface area contributed by atoms with Gasteiger partial charge in [0.2, 0.25) is 5.91 Å². The second-order valence-corrected chi connectivity index (χ2v) is 4.49. The van der Waals surface area contributed by atoms with Gasteiger partial charge in [-0.1, -0.05) is 13.8 Å². The minimum absolute atomic E-state index is 0.0764. The molecule has 1 aliphatic carbocycles. The highest BCUT2D eigenvalue weighted by Crippen LogP contribution is 2.45. The Hall–Kier alpha value is -1.04. The fourth-order valence-corrected chi connectivity index (χ4v) is 1.92. The van der Waals surface area contributed by atoms with Gasteiger partial charge in [0.05, 0.1) is 6.07 Å². The van der Waals surface area contributed by atoms with Gasteiger partial charge in [-0.25, -0.2) is 0 Å². The summed E-state index contributed by atoms with van der Waals surface area (Å²) in [6, 6.07) is 2.33. The Morgan fingerprint density at radius 3 is 2.64 bits per heavy atom. The highest BCUT2D eigenvalue weighted by molar-refractivity contribution is 5.86. The first-order chi connectivity index (χ1) is 6.54. The topological polar surface area (TPSA) is 52.9 Å². The van der Waals surface area contributed by atoms with Gasteiger partial charge < -0.3 is 5.32 Å². The van der Waals surface area contributed by atoms with Gasteiger partial charge >= 0.3 is 0 Å². The first-order valence-electron chi connectivity index (χ1n) is 5.26. The minimum Gasteiger partial charge on any atom is -0.352 e. The average molecular weight is 194 g/mol. The van der Waals surface area contributed by atoms with Gasteiger partial charge in [-0.2, -0.15) is 5.26 Å². The molecule has 1 unspecified atom stereocenters. The molecule has 1 amide bonds. The SMILES string of the molecule is CCC(C)NC(=O)C1(C#N)CC(C)C1. The lowest BCUT2D eigenvalue weighted by atomic mass is 9.63. The first-order valence-corrected chi connectivity index (χ1v) is 5.26. The van der Waals surface area contributed by atoms with Crippen LogP contribution in [-0.4, -0.2) is 11.9 Å². The summed E-state index contributed by atoms with van der Waals surface area (Å²) in [7, 11) is 0. The normalized spacial score (nSPS) is 32.6. The zero-order valence-electron chi connectivity index (χ0n) is 9.13. The van der Waals surface area contributed by atoms with E-state index in [1.165, 1.54) is 0 Å². The molecule has 1 rings (SSSR count). The predicted octanol–water partition coefficient (Wildman–Crippen LogP) is 1.84. The molecule has 1 aliphatic rings. The molecule has 0 heterocycles. The number of hydrogen-bond donors (Lipinski definition) is 1. The van der Waals surface area contributed by atoms with E-state index in [1.54, 1.807) is 0 Å². The lowest BCUT2D eigenvalue weighted by Gasteiger charge is -2.39. The number of nitrogens with one attached hydrogen (secondary N) is 1. The Bertz CT molecular complexity index is 261. The number of amides is 1. The van der Waals surface area contributed by atoms with Gasteiger partial charge in [0.25, 0.3) is 0 Å². The van der Waals surface area contributed by atoms with Crippen molar-refractivity contribution in [1.82, 2.24) is 5.32 Å². The van der Waals surface area contributed by atoms with Gasteiger partial charge in [-0.05, 0) is 32.1 Å². The maximum Gasteiger partial charge on any atom is 0.240 e. The number of rotatable bonds is 3. The fraction of sp³-hybridized carbons (Fsp3) is 0.818. The molecule has 0 aliphatic heterocycles. The third-order valence-electron chi connectivity index (χ3n) is 3.03. The van der Waals surface area contributed by atoms with Crippen LogP contribution in [-0.2, 0) is 4.79 Å². The zero-order valence-corrected chi connectivity index (χ0v) is 9.13. The lowest BCUT2D eigenvalue weighted by Crippen LogP contribution is -2.50. The molecule has 1 saturated carbocycles. The van der Waals surface area contributed by atoms with E-state index in [9.17, 15) is 4.79 Å². The van der Waals surface area contributed by atoms with Crippen LogP contribution in [0.4, 0.5) is 0 Å². The van der Waals surface area contributed by atoms with E-state index in [1.807, 2.05) is 13.8 Å². The van der Waals surface area contributed by atoms with Crippen molar-refractivity contribution in [2.45, 2.75) is 46.1 Å².